The van der Waals surface area contributed by atoms with E-state index in [2.05, 4.69) is 45.7 Å². The molecule has 0 amide bonds. The van der Waals surface area contributed by atoms with Crippen LogP contribution in [0, 0.1) is 0 Å². The van der Waals surface area contributed by atoms with Crippen molar-refractivity contribution in [2.75, 3.05) is 0 Å². The molecule has 0 fully saturated rings. The third-order valence-corrected chi connectivity index (χ3v) is 1.87. The average molecular weight is 159 g/mol. The molecule has 0 aromatic carbocycles. The summed E-state index contributed by atoms with van der Waals surface area (Å²) in [4.78, 5) is 4.51. The van der Waals surface area contributed by atoms with Crippen LogP contribution in [-0.4, -0.2) is 20.7 Å². The van der Waals surface area contributed by atoms with Crippen LogP contribution in [0.4, 0.5) is 0 Å². The van der Waals surface area contributed by atoms with Crippen LogP contribution >= 0.6 is 0 Å². The van der Waals surface area contributed by atoms with Crippen LogP contribution in [0.5, 0.6) is 0 Å². The molecule has 62 valence electrons. The monoisotopic (exact) mass is 159 g/mol. The van der Waals surface area contributed by atoms with E-state index in [1.165, 1.54) is 11.2 Å². The van der Waals surface area contributed by atoms with Gasteiger partial charge < -0.3 is 0 Å². The van der Waals surface area contributed by atoms with E-state index >= 15 is 0 Å². The fraction of sp³-hybridized carbons (Fsp3) is 0.444. The van der Waals surface area contributed by atoms with Crippen LogP contribution in [-0.2, 0) is 5.41 Å². The van der Waals surface area contributed by atoms with Gasteiger partial charge in [0.2, 0.25) is 0 Å². The van der Waals surface area contributed by atoms with Crippen LogP contribution in [0.1, 0.15) is 26.5 Å². The van der Waals surface area contributed by atoms with Crippen LogP contribution in [0.25, 0.3) is 0 Å². The molecule has 1 aromatic heterocycles. The molecular weight excluding hydrogens is 144 g/mol. The van der Waals surface area contributed by atoms with Gasteiger partial charge in [-0.3, -0.25) is 4.98 Å². The van der Waals surface area contributed by atoms with Gasteiger partial charge in [0.05, 0.1) is 0 Å². The van der Waals surface area contributed by atoms with Gasteiger partial charge in [0.1, 0.15) is 7.85 Å². The molecule has 0 aliphatic rings. The summed E-state index contributed by atoms with van der Waals surface area (Å²) in [7, 11) is 4.16. The van der Waals surface area contributed by atoms with E-state index in [-0.39, 0.29) is 5.41 Å². The van der Waals surface area contributed by atoms with Gasteiger partial charge in [0, 0.05) is 11.1 Å². The number of hydrogen-bond acceptors (Lipinski definition) is 1. The summed E-state index contributed by atoms with van der Waals surface area (Å²) in [5.41, 5.74) is 3.75. The Hall–Kier alpha value is -0.720. The van der Waals surface area contributed by atoms with Crippen molar-refractivity contribution >= 4 is 26.7 Å². The molecule has 0 bridgehead atoms. The Bertz CT molecular complexity index is 269. The maximum atomic E-state index is 4.51. The molecule has 1 heterocycles. The lowest BCUT2D eigenvalue weighted by Gasteiger charge is -2.18. The fourth-order valence-electron chi connectivity index (χ4n) is 1.23. The van der Waals surface area contributed by atoms with Crippen molar-refractivity contribution < 1.29 is 0 Å². The standard InChI is InChI=1S/C9H15B2N/c1-9(2,3)7-4-6(10)5-8(11)12-7/h4-5H,10-11H2,1-3H3. The van der Waals surface area contributed by atoms with Gasteiger partial charge in [0.15, 0.2) is 7.85 Å². The van der Waals surface area contributed by atoms with Gasteiger partial charge in [0.25, 0.3) is 0 Å². The van der Waals surface area contributed by atoms with Gasteiger partial charge in [-0.25, -0.2) is 0 Å². The van der Waals surface area contributed by atoms with Crippen LogP contribution in [0.2, 0.25) is 0 Å². The first-order valence-corrected chi connectivity index (χ1v) is 4.35. The first-order valence-electron chi connectivity index (χ1n) is 4.35. The quantitative estimate of drug-likeness (QED) is 0.437. The van der Waals surface area contributed by atoms with Gasteiger partial charge >= 0.3 is 0 Å². The Morgan fingerprint density at radius 3 is 2.17 bits per heavy atom. The molecule has 0 atom stereocenters. The molecule has 1 aromatic rings. The van der Waals surface area contributed by atoms with Gasteiger partial charge in [-0.05, 0) is 11.7 Å². The van der Waals surface area contributed by atoms with Crippen molar-refractivity contribution in [2.24, 2.45) is 0 Å². The number of nitrogens with zero attached hydrogens (tertiary/aromatic N) is 1. The zero-order chi connectivity index (χ0) is 9.35. The van der Waals surface area contributed by atoms with Crippen LogP contribution in [0.15, 0.2) is 12.1 Å². The smallest absolute Gasteiger partial charge is 0.163 e. The molecular formula is C9H15B2N. The highest BCUT2D eigenvalue weighted by molar-refractivity contribution is 6.36. The molecule has 0 N–H and O–H groups in total. The summed E-state index contributed by atoms with van der Waals surface area (Å²) < 4.78 is 0. The molecule has 0 aliphatic heterocycles. The van der Waals surface area contributed by atoms with Crippen molar-refractivity contribution in [1.29, 1.82) is 0 Å². The Kier molecular flexibility index (Phi) is 2.31. The zero-order valence-electron chi connectivity index (χ0n) is 8.60. The second kappa shape index (κ2) is 2.96. The minimum atomic E-state index is 0.163. The molecule has 0 saturated heterocycles. The van der Waals surface area contributed by atoms with E-state index in [4.69, 9.17) is 0 Å². The van der Waals surface area contributed by atoms with E-state index < -0.39 is 0 Å². The van der Waals surface area contributed by atoms with Crippen molar-refractivity contribution in [3.05, 3.63) is 17.8 Å². The zero-order valence-corrected chi connectivity index (χ0v) is 8.60. The molecule has 0 saturated carbocycles. The maximum Gasteiger partial charge on any atom is 0.163 e. The summed E-state index contributed by atoms with van der Waals surface area (Å²) in [5, 5.41) is 0. The summed E-state index contributed by atoms with van der Waals surface area (Å²) in [5.74, 6) is 0. The lowest BCUT2D eigenvalue weighted by Crippen LogP contribution is -2.25. The van der Waals surface area contributed by atoms with Crippen molar-refractivity contribution in [3.63, 3.8) is 0 Å². The number of hydrogen-bond donors (Lipinski definition) is 0. The number of rotatable bonds is 0. The van der Waals surface area contributed by atoms with Crippen LogP contribution in [0.3, 0.4) is 0 Å². The predicted molar refractivity (Wildman–Crippen MR) is 59.3 cm³/mol. The van der Waals surface area contributed by atoms with E-state index in [9.17, 15) is 0 Å². The molecule has 0 aliphatic carbocycles. The number of aromatic nitrogens is 1. The van der Waals surface area contributed by atoms with Crippen molar-refractivity contribution in [2.45, 2.75) is 26.2 Å². The first kappa shape index (κ1) is 9.37. The predicted octanol–water partition coefficient (Wildman–Crippen LogP) is -1.10. The minimum absolute atomic E-state index is 0.163. The fourth-order valence-corrected chi connectivity index (χ4v) is 1.23. The first-order chi connectivity index (χ1) is 5.39. The van der Waals surface area contributed by atoms with E-state index in [0.29, 0.717) is 0 Å². The minimum Gasteiger partial charge on any atom is -0.268 e. The van der Waals surface area contributed by atoms with Crippen molar-refractivity contribution in [1.82, 2.24) is 4.98 Å². The van der Waals surface area contributed by atoms with Crippen molar-refractivity contribution in [3.8, 4) is 0 Å². The molecule has 1 nitrogen and oxygen atoms in total. The van der Waals surface area contributed by atoms with E-state index in [1.54, 1.807) is 0 Å². The Labute approximate surface area is 76.4 Å². The molecule has 0 radical (unpaired) electrons. The molecule has 3 heteroatoms. The second-order valence-corrected chi connectivity index (χ2v) is 4.42. The van der Waals surface area contributed by atoms with Gasteiger partial charge in [-0.15, -0.1) is 0 Å². The highest BCUT2D eigenvalue weighted by atomic mass is 14.7. The normalized spacial score (nSPS) is 11.6. The second-order valence-electron chi connectivity index (χ2n) is 4.42. The highest BCUT2D eigenvalue weighted by Crippen LogP contribution is 2.17. The lowest BCUT2D eigenvalue weighted by molar-refractivity contribution is 0.571. The topological polar surface area (TPSA) is 12.9 Å². The van der Waals surface area contributed by atoms with Gasteiger partial charge in [-0.2, -0.15) is 0 Å². The third kappa shape index (κ3) is 2.13. The molecule has 12 heavy (non-hydrogen) atoms. The highest BCUT2D eigenvalue weighted by Gasteiger charge is 2.15. The summed E-state index contributed by atoms with van der Waals surface area (Å²) in [6.45, 7) is 6.57. The molecule has 0 unspecified atom stereocenters. The average Bonchev–Trinajstić information content (AvgIpc) is 1.82. The Morgan fingerprint density at radius 2 is 1.75 bits per heavy atom. The van der Waals surface area contributed by atoms with Gasteiger partial charge in [-0.1, -0.05) is 32.3 Å². The third-order valence-electron chi connectivity index (χ3n) is 1.87. The largest absolute Gasteiger partial charge is 0.268 e. The van der Waals surface area contributed by atoms with Crippen LogP contribution < -0.4 is 11.1 Å². The summed E-state index contributed by atoms with van der Waals surface area (Å²) >= 11 is 0. The summed E-state index contributed by atoms with van der Waals surface area (Å²) in [6.07, 6.45) is 0. The Morgan fingerprint density at radius 1 is 1.17 bits per heavy atom. The number of pyridine rings is 1. The molecule has 1 rings (SSSR count). The Balaban J connectivity index is 3.18. The van der Waals surface area contributed by atoms with E-state index in [0.717, 1.165) is 5.59 Å². The maximum absolute atomic E-state index is 4.51. The van der Waals surface area contributed by atoms with E-state index in [1.807, 2.05) is 7.85 Å². The molecule has 0 spiro atoms. The summed E-state index contributed by atoms with van der Waals surface area (Å²) in [6, 6.07) is 4.27. The SMILES string of the molecule is Bc1cc(B)nc(C(C)(C)C)c1. The lowest BCUT2D eigenvalue weighted by atomic mass is 9.84.